The summed E-state index contributed by atoms with van der Waals surface area (Å²) in [6.45, 7) is 5.26. The van der Waals surface area contributed by atoms with Crippen molar-refractivity contribution in [3.05, 3.63) is 47.6 Å². The number of thiazole rings is 1. The Hall–Kier alpha value is -2.18. The lowest BCUT2D eigenvalue weighted by atomic mass is 10.2. The molecule has 0 N–H and O–H groups in total. The molecule has 2 aromatic heterocycles. The highest BCUT2D eigenvalue weighted by molar-refractivity contribution is 7.18. The number of benzene rings is 1. The molecular formula is C20H24N4OS. The molecule has 1 aromatic carbocycles. The number of pyridine rings is 1. The van der Waals surface area contributed by atoms with Crippen LogP contribution in [0.3, 0.4) is 0 Å². The standard InChI is InChI=1S/C20H24N4OS/c1-25-17-7-4-10-21-20(17)24-14-12-23(13-15-24)11-5-9-19-22-16-6-2-3-8-18(16)26-19/h2-4,6-8,10H,5,9,11-15H2,1H3. The summed E-state index contributed by atoms with van der Waals surface area (Å²) in [5, 5.41) is 1.25. The third-order valence-electron chi connectivity index (χ3n) is 4.85. The lowest BCUT2D eigenvalue weighted by Gasteiger charge is -2.35. The highest BCUT2D eigenvalue weighted by atomic mass is 32.1. The molecule has 6 heteroatoms. The molecule has 1 fully saturated rings. The van der Waals surface area contributed by atoms with Gasteiger partial charge in [-0.25, -0.2) is 9.97 Å². The second-order valence-corrected chi connectivity index (χ2v) is 7.65. The van der Waals surface area contributed by atoms with Gasteiger partial charge in [0.05, 0.1) is 22.3 Å². The van der Waals surface area contributed by atoms with Crippen molar-refractivity contribution in [2.45, 2.75) is 12.8 Å². The molecule has 0 unspecified atom stereocenters. The lowest BCUT2D eigenvalue weighted by molar-refractivity contribution is 0.253. The molecule has 136 valence electrons. The minimum atomic E-state index is 0.858. The molecule has 0 saturated carbocycles. The molecule has 3 heterocycles. The second-order valence-electron chi connectivity index (χ2n) is 6.54. The SMILES string of the molecule is COc1cccnc1N1CCN(CCCc2nc3ccccc3s2)CC1. The molecule has 1 saturated heterocycles. The molecule has 0 atom stereocenters. The van der Waals surface area contributed by atoms with E-state index >= 15 is 0 Å². The topological polar surface area (TPSA) is 41.5 Å². The summed E-state index contributed by atoms with van der Waals surface area (Å²) < 4.78 is 6.73. The zero-order chi connectivity index (χ0) is 17.8. The van der Waals surface area contributed by atoms with Gasteiger partial charge in [0.15, 0.2) is 11.6 Å². The zero-order valence-electron chi connectivity index (χ0n) is 15.1. The second kappa shape index (κ2) is 8.01. The van der Waals surface area contributed by atoms with Gasteiger partial charge in [-0.1, -0.05) is 12.1 Å². The zero-order valence-corrected chi connectivity index (χ0v) is 15.9. The highest BCUT2D eigenvalue weighted by Crippen LogP contribution is 2.26. The van der Waals surface area contributed by atoms with Crippen molar-refractivity contribution < 1.29 is 4.74 Å². The fourth-order valence-electron chi connectivity index (χ4n) is 3.44. The van der Waals surface area contributed by atoms with Crippen molar-refractivity contribution in [3.8, 4) is 5.75 Å². The summed E-state index contributed by atoms with van der Waals surface area (Å²) in [5.41, 5.74) is 1.13. The van der Waals surface area contributed by atoms with Gasteiger partial charge in [0.2, 0.25) is 0 Å². The van der Waals surface area contributed by atoms with E-state index in [0.29, 0.717) is 0 Å². The summed E-state index contributed by atoms with van der Waals surface area (Å²) in [6, 6.07) is 12.3. The van der Waals surface area contributed by atoms with Gasteiger partial charge >= 0.3 is 0 Å². The average Bonchev–Trinajstić information content (AvgIpc) is 3.11. The number of ether oxygens (including phenoxy) is 1. The third kappa shape index (κ3) is 3.81. The van der Waals surface area contributed by atoms with Crippen molar-refractivity contribution in [2.75, 3.05) is 44.7 Å². The van der Waals surface area contributed by atoms with Gasteiger partial charge in [-0.3, -0.25) is 4.90 Å². The van der Waals surface area contributed by atoms with Crippen molar-refractivity contribution in [1.29, 1.82) is 0 Å². The first-order valence-electron chi connectivity index (χ1n) is 9.14. The quantitative estimate of drug-likeness (QED) is 0.667. The number of hydrogen-bond acceptors (Lipinski definition) is 6. The van der Waals surface area contributed by atoms with E-state index in [4.69, 9.17) is 9.72 Å². The largest absolute Gasteiger partial charge is 0.493 e. The van der Waals surface area contributed by atoms with Crippen LogP contribution in [-0.4, -0.2) is 54.7 Å². The number of piperazine rings is 1. The van der Waals surface area contributed by atoms with Gasteiger partial charge in [0, 0.05) is 38.8 Å². The molecule has 0 amide bonds. The molecular weight excluding hydrogens is 344 g/mol. The number of rotatable bonds is 6. The van der Waals surface area contributed by atoms with Crippen molar-refractivity contribution in [3.63, 3.8) is 0 Å². The average molecular weight is 369 g/mol. The first-order chi connectivity index (χ1) is 12.8. The van der Waals surface area contributed by atoms with Crippen LogP contribution in [0.4, 0.5) is 5.82 Å². The molecule has 0 radical (unpaired) electrons. The Bertz CT molecular complexity index is 825. The molecule has 3 aromatic rings. The predicted molar refractivity (Wildman–Crippen MR) is 107 cm³/mol. The number of para-hydroxylation sites is 1. The normalized spacial score (nSPS) is 15.5. The molecule has 26 heavy (non-hydrogen) atoms. The van der Waals surface area contributed by atoms with Gasteiger partial charge in [-0.2, -0.15) is 0 Å². The van der Waals surface area contributed by atoms with Crippen LogP contribution in [0.25, 0.3) is 10.2 Å². The Morgan fingerprint density at radius 3 is 2.73 bits per heavy atom. The Morgan fingerprint density at radius 1 is 1.08 bits per heavy atom. The minimum Gasteiger partial charge on any atom is -0.493 e. The fourth-order valence-corrected chi connectivity index (χ4v) is 4.45. The summed E-state index contributed by atoms with van der Waals surface area (Å²) >= 11 is 1.83. The van der Waals surface area contributed by atoms with E-state index < -0.39 is 0 Å². The van der Waals surface area contributed by atoms with Gasteiger partial charge < -0.3 is 9.64 Å². The van der Waals surface area contributed by atoms with Crippen molar-refractivity contribution in [1.82, 2.24) is 14.9 Å². The van der Waals surface area contributed by atoms with E-state index in [1.807, 2.05) is 29.7 Å². The smallest absolute Gasteiger partial charge is 0.171 e. The Labute approximate surface area is 158 Å². The molecule has 4 rings (SSSR count). The lowest BCUT2D eigenvalue weighted by Crippen LogP contribution is -2.47. The van der Waals surface area contributed by atoms with Gasteiger partial charge in [-0.15, -0.1) is 11.3 Å². The first-order valence-corrected chi connectivity index (χ1v) is 9.96. The molecule has 0 aliphatic carbocycles. The van der Waals surface area contributed by atoms with Crippen LogP contribution in [0, 0.1) is 0 Å². The monoisotopic (exact) mass is 368 g/mol. The molecule has 0 spiro atoms. The first kappa shape index (κ1) is 17.2. The van der Waals surface area contributed by atoms with Crippen LogP contribution in [0.5, 0.6) is 5.75 Å². The number of aryl methyl sites for hydroxylation is 1. The summed E-state index contributed by atoms with van der Waals surface area (Å²) in [6.07, 6.45) is 4.06. The molecule has 0 bridgehead atoms. The number of hydrogen-bond donors (Lipinski definition) is 0. The third-order valence-corrected chi connectivity index (χ3v) is 5.94. The minimum absolute atomic E-state index is 0.858. The number of nitrogens with zero attached hydrogens (tertiary/aromatic N) is 4. The van der Waals surface area contributed by atoms with Crippen LogP contribution in [0.1, 0.15) is 11.4 Å². The summed E-state index contributed by atoms with van der Waals surface area (Å²) in [7, 11) is 1.71. The maximum Gasteiger partial charge on any atom is 0.171 e. The summed E-state index contributed by atoms with van der Waals surface area (Å²) in [4.78, 5) is 14.1. The maximum atomic E-state index is 5.44. The van der Waals surface area contributed by atoms with Gasteiger partial charge in [-0.05, 0) is 37.2 Å². The van der Waals surface area contributed by atoms with E-state index in [1.165, 1.54) is 9.71 Å². The molecule has 1 aliphatic heterocycles. The van der Waals surface area contributed by atoms with Gasteiger partial charge in [0.1, 0.15) is 0 Å². The van der Waals surface area contributed by atoms with E-state index in [9.17, 15) is 0 Å². The summed E-state index contributed by atoms with van der Waals surface area (Å²) in [5.74, 6) is 1.82. The van der Waals surface area contributed by atoms with Crippen LogP contribution >= 0.6 is 11.3 Å². The van der Waals surface area contributed by atoms with E-state index in [2.05, 4.69) is 39.0 Å². The van der Waals surface area contributed by atoms with Gasteiger partial charge in [0.25, 0.3) is 0 Å². The van der Waals surface area contributed by atoms with Crippen LogP contribution in [-0.2, 0) is 6.42 Å². The highest BCUT2D eigenvalue weighted by Gasteiger charge is 2.20. The van der Waals surface area contributed by atoms with Crippen LogP contribution < -0.4 is 9.64 Å². The Morgan fingerprint density at radius 2 is 1.92 bits per heavy atom. The van der Waals surface area contributed by atoms with Crippen LogP contribution in [0.15, 0.2) is 42.6 Å². The fraction of sp³-hybridized carbons (Fsp3) is 0.400. The molecule has 5 nitrogen and oxygen atoms in total. The number of anilines is 1. The molecule has 1 aliphatic rings. The number of aromatic nitrogens is 2. The van der Waals surface area contributed by atoms with Crippen LogP contribution in [0.2, 0.25) is 0 Å². The van der Waals surface area contributed by atoms with Crippen molar-refractivity contribution in [2.24, 2.45) is 0 Å². The van der Waals surface area contributed by atoms with E-state index in [0.717, 1.165) is 62.6 Å². The van der Waals surface area contributed by atoms with E-state index in [1.54, 1.807) is 7.11 Å². The van der Waals surface area contributed by atoms with Crippen molar-refractivity contribution >= 4 is 27.4 Å². The predicted octanol–water partition coefficient (Wildman–Crippen LogP) is 3.45. The maximum absolute atomic E-state index is 5.44. The van der Waals surface area contributed by atoms with E-state index in [-0.39, 0.29) is 0 Å². The Kier molecular flexibility index (Phi) is 5.32. The Balaban J connectivity index is 1.26. The number of methoxy groups -OCH3 is 1. The number of fused-ring (bicyclic) bond motifs is 1.